The minimum absolute atomic E-state index is 0.352. The van der Waals surface area contributed by atoms with Crippen molar-refractivity contribution < 1.29 is 9.59 Å². The second kappa shape index (κ2) is 9.36. The van der Waals surface area contributed by atoms with Crippen LogP contribution in [0.3, 0.4) is 0 Å². The Morgan fingerprint density at radius 1 is 1.23 bits per heavy atom. The maximum atomic E-state index is 11.7. The van der Waals surface area contributed by atoms with Crippen molar-refractivity contribution in [2.45, 2.75) is 26.3 Å². The summed E-state index contributed by atoms with van der Waals surface area (Å²) in [6, 6.07) is 7.83. The molecule has 9 heteroatoms. The molecule has 2 N–H and O–H groups in total. The number of hydrogen-bond acceptors (Lipinski definition) is 8. The number of rotatable bonds is 6. The van der Waals surface area contributed by atoms with Gasteiger partial charge in [0.25, 0.3) is 11.1 Å². The van der Waals surface area contributed by atoms with Crippen LogP contribution in [0.2, 0.25) is 0 Å². The molecular formula is C21H24N6O2S. The van der Waals surface area contributed by atoms with Crippen molar-refractivity contribution >= 4 is 34.9 Å². The molecule has 0 spiro atoms. The third-order valence-corrected chi connectivity index (χ3v) is 5.98. The molecule has 2 amide bonds. The highest BCUT2D eigenvalue weighted by atomic mass is 32.2. The monoisotopic (exact) mass is 424 g/mol. The molecule has 2 aromatic heterocycles. The van der Waals surface area contributed by atoms with Gasteiger partial charge in [0, 0.05) is 31.5 Å². The third kappa shape index (κ3) is 5.22. The van der Waals surface area contributed by atoms with Gasteiger partial charge in [-0.3, -0.25) is 19.9 Å². The van der Waals surface area contributed by atoms with Crippen molar-refractivity contribution in [1.29, 1.82) is 0 Å². The van der Waals surface area contributed by atoms with E-state index in [-0.39, 0.29) is 11.1 Å². The summed E-state index contributed by atoms with van der Waals surface area (Å²) in [7, 11) is 0. The Labute approximate surface area is 179 Å². The molecule has 2 saturated heterocycles. The van der Waals surface area contributed by atoms with E-state index >= 15 is 0 Å². The first-order valence-electron chi connectivity index (χ1n) is 10.0. The van der Waals surface area contributed by atoms with E-state index in [2.05, 4.69) is 30.5 Å². The van der Waals surface area contributed by atoms with Gasteiger partial charge >= 0.3 is 0 Å². The summed E-state index contributed by atoms with van der Waals surface area (Å²) in [5, 5.41) is 5.42. The van der Waals surface area contributed by atoms with E-state index in [1.54, 1.807) is 18.3 Å². The number of nitrogens with zero attached hydrogens (tertiary/aromatic N) is 4. The van der Waals surface area contributed by atoms with Crippen molar-refractivity contribution in [3.8, 4) is 0 Å². The molecule has 156 valence electrons. The van der Waals surface area contributed by atoms with Crippen molar-refractivity contribution in [3.05, 3.63) is 52.4 Å². The van der Waals surface area contributed by atoms with Gasteiger partial charge in [0.1, 0.15) is 0 Å². The number of nitrogens with one attached hydrogen (secondary N) is 2. The molecule has 4 rings (SSSR count). The molecule has 2 aliphatic rings. The molecule has 0 radical (unpaired) electrons. The predicted molar refractivity (Wildman–Crippen MR) is 117 cm³/mol. The van der Waals surface area contributed by atoms with Crippen molar-refractivity contribution in [2.75, 3.05) is 24.5 Å². The number of carbonyl (C=O) groups is 2. The Hall–Kier alpha value is -2.78. The molecule has 4 heterocycles. The first kappa shape index (κ1) is 20.5. The van der Waals surface area contributed by atoms with Gasteiger partial charge in [-0.2, -0.15) is 0 Å². The SMILES string of the molecule is Cc1cccc(CNCC2CCN(c3nccc(/C=C4/SC(=O)NC4=O)n3)CC2)n1. The van der Waals surface area contributed by atoms with E-state index in [9.17, 15) is 9.59 Å². The minimum Gasteiger partial charge on any atom is -0.341 e. The van der Waals surface area contributed by atoms with Crippen LogP contribution in [0.25, 0.3) is 6.08 Å². The molecule has 2 aliphatic heterocycles. The summed E-state index contributed by atoms with van der Waals surface area (Å²) in [5.41, 5.74) is 2.74. The molecule has 0 bridgehead atoms. The predicted octanol–water partition coefficient (Wildman–Crippen LogP) is 2.51. The van der Waals surface area contributed by atoms with E-state index in [0.717, 1.165) is 62.2 Å². The molecule has 30 heavy (non-hydrogen) atoms. The number of amides is 2. The maximum absolute atomic E-state index is 11.7. The molecule has 0 aromatic carbocycles. The lowest BCUT2D eigenvalue weighted by Crippen LogP contribution is -2.38. The van der Waals surface area contributed by atoms with Crippen molar-refractivity contribution in [2.24, 2.45) is 5.92 Å². The lowest BCUT2D eigenvalue weighted by molar-refractivity contribution is -0.115. The molecule has 8 nitrogen and oxygen atoms in total. The summed E-state index contributed by atoms with van der Waals surface area (Å²) in [4.78, 5) is 39.0. The molecule has 0 aliphatic carbocycles. The largest absolute Gasteiger partial charge is 0.341 e. The van der Waals surface area contributed by atoms with Crippen LogP contribution < -0.4 is 15.5 Å². The Bertz CT molecular complexity index is 971. The number of aryl methyl sites for hydroxylation is 1. The fraction of sp³-hybridized carbons (Fsp3) is 0.381. The molecule has 0 atom stereocenters. The fourth-order valence-corrected chi connectivity index (χ4v) is 4.26. The first-order valence-corrected chi connectivity index (χ1v) is 10.8. The van der Waals surface area contributed by atoms with Gasteiger partial charge in [0.05, 0.1) is 16.3 Å². The lowest BCUT2D eigenvalue weighted by Gasteiger charge is -2.32. The Kier molecular flexibility index (Phi) is 6.39. The summed E-state index contributed by atoms with van der Waals surface area (Å²) < 4.78 is 0. The van der Waals surface area contributed by atoms with E-state index < -0.39 is 0 Å². The summed E-state index contributed by atoms with van der Waals surface area (Å²) in [6.45, 7) is 5.55. The highest BCUT2D eigenvalue weighted by molar-refractivity contribution is 8.18. The summed E-state index contributed by atoms with van der Waals surface area (Å²) >= 11 is 0.893. The molecule has 2 aromatic rings. The quantitative estimate of drug-likeness (QED) is 0.683. The smallest absolute Gasteiger partial charge is 0.290 e. The highest BCUT2D eigenvalue weighted by Crippen LogP contribution is 2.26. The zero-order chi connectivity index (χ0) is 20.9. The average molecular weight is 425 g/mol. The number of thioether (sulfide) groups is 1. The van der Waals surface area contributed by atoms with Gasteiger partial charge in [-0.1, -0.05) is 6.07 Å². The van der Waals surface area contributed by atoms with E-state index in [4.69, 9.17) is 0 Å². The fourth-order valence-electron chi connectivity index (χ4n) is 3.59. The zero-order valence-corrected chi connectivity index (χ0v) is 17.6. The number of pyridine rings is 1. The van der Waals surface area contributed by atoms with Crippen LogP contribution in [0.4, 0.5) is 10.7 Å². The van der Waals surface area contributed by atoms with Crippen LogP contribution in [0.15, 0.2) is 35.4 Å². The number of aromatic nitrogens is 3. The van der Waals surface area contributed by atoms with Crippen LogP contribution in [0, 0.1) is 12.8 Å². The van der Waals surface area contributed by atoms with Gasteiger partial charge < -0.3 is 10.2 Å². The standard InChI is InChI=1S/C21H24N6O2S/c1-14-3-2-4-17(24-14)13-22-12-15-6-9-27(10-7-15)20-23-8-5-16(25-20)11-18-19(28)26-21(29)30-18/h2-5,8,11,15,22H,6-7,9-10,12-13H2,1H3,(H,26,28,29)/b18-11+. The first-order chi connectivity index (χ1) is 14.6. The van der Waals surface area contributed by atoms with Crippen LogP contribution in [0.5, 0.6) is 0 Å². The highest BCUT2D eigenvalue weighted by Gasteiger charge is 2.25. The normalized spacial score (nSPS) is 18.8. The average Bonchev–Trinajstić information content (AvgIpc) is 3.05. The third-order valence-electron chi connectivity index (χ3n) is 5.17. The molecule has 0 unspecified atom stereocenters. The zero-order valence-electron chi connectivity index (χ0n) is 16.8. The van der Waals surface area contributed by atoms with Crippen LogP contribution in [0.1, 0.15) is 29.9 Å². The van der Waals surface area contributed by atoms with E-state index in [1.165, 1.54) is 0 Å². The second-order valence-electron chi connectivity index (χ2n) is 7.47. The number of hydrogen-bond donors (Lipinski definition) is 2. The van der Waals surface area contributed by atoms with Crippen molar-refractivity contribution in [3.63, 3.8) is 0 Å². The number of carbonyl (C=O) groups excluding carboxylic acids is 2. The maximum Gasteiger partial charge on any atom is 0.290 e. The van der Waals surface area contributed by atoms with Crippen molar-refractivity contribution in [1.82, 2.24) is 25.6 Å². The van der Waals surface area contributed by atoms with Crippen LogP contribution in [-0.2, 0) is 11.3 Å². The Balaban J connectivity index is 1.28. The lowest BCUT2D eigenvalue weighted by atomic mass is 9.97. The van der Waals surface area contributed by atoms with Gasteiger partial charge in [-0.15, -0.1) is 0 Å². The van der Waals surface area contributed by atoms with Crippen LogP contribution in [-0.4, -0.2) is 45.7 Å². The number of piperidine rings is 1. The summed E-state index contributed by atoms with van der Waals surface area (Å²) in [6.07, 6.45) is 5.45. The minimum atomic E-state index is -0.376. The van der Waals surface area contributed by atoms with Gasteiger partial charge in [0.2, 0.25) is 5.95 Å². The molecule has 2 fully saturated rings. The Morgan fingerprint density at radius 2 is 2.07 bits per heavy atom. The van der Waals surface area contributed by atoms with Gasteiger partial charge in [0.15, 0.2) is 0 Å². The van der Waals surface area contributed by atoms with E-state index in [0.29, 0.717) is 22.5 Å². The molecular weight excluding hydrogens is 400 g/mol. The topological polar surface area (TPSA) is 100 Å². The number of anilines is 1. The van der Waals surface area contributed by atoms with Gasteiger partial charge in [-0.25, -0.2) is 9.97 Å². The summed E-state index contributed by atoms with van der Waals surface area (Å²) in [5.74, 6) is 0.898. The molecule has 0 saturated carbocycles. The Morgan fingerprint density at radius 3 is 2.80 bits per heavy atom. The van der Waals surface area contributed by atoms with E-state index in [1.807, 2.05) is 25.1 Å². The van der Waals surface area contributed by atoms with Crippen LogP contribution >= 0.6 is 11.8 Å². The second-order valence-corrected chi connectivity index (χ2v) is 8.48. The number of imide groups is 1. The van der Waals surface area contributed by atoms with Gasteiger partial charge in [-0.05, 0) is 68.3 Å².